The quantitative estimate of drug-likeness (QED) is 0.737. The molecular weight excluding hydrogens is 186 g/mol. The summed E-state index contributed by atoms with van der Waals surface area (Å²) in [7, 11) is 0. The first-order valence-electron chi connectivity index (χ1n) is 6.59. The Kier molecular flexibility index (Phi) is 5.07. The molecule has 90 valence electrons. The van der Waals surface area contributed by atoms with E-state index in [9.17, 15) is 5.11 Å². The normalized spacial score (nSPS) is 32.2. The molecule has 0 aromatic carbocycles. The summed E-state index contributed by atoms with van der Waals surface area (Å²) in [6.45, 7) is 4.48. The Hall–Kier alpha value is -0.0800. The summed E-state index contributed by atoms with van der Waals surface area (Å²) in [5, 5.41) is 9.53. The largest absolute Gasteiger partial charge is 0.393 e. The summed E-state index contributed by atoms with van der Waals surface area (Å²) in [5.74, 6) is 0.667. The summed E-state index contributed by atoms with van der Waals surface area (Å²) >= 11 is 0. The number of nitrogens with two attached hydrogens (primary N) is 1. The van der Waals surface area contributed by atoms with Gasteiger partial charge in [0.1, 0.15) is 0 Å². The van der Waals surface area contributed by atoms with Crippen molar-refractivity contribution >= 4 is 0 Å². The fourth-order valence-corrected chi connectivity index (χ4v) is 2.96. The fourth-order valence-electron chi connectivity index (χ4n) is 2.96. The first-order chi connectivity index (χ1) is 7.12. The van der Waals surface area contributed by atoms with Crippen LogP contribution >= 0.6 is 0 Å². The molecule has 0 atom stereocenters. The molecule has 0 amide bonds. The molecule has 1 saturated carbocycles. The van der Waals surface area contributed by atoms with E-state index in [0.717, 1.165) is 25.7 Å². The van der Waals surface area contributed by atoms with E-state index in [4.69, 9.17) is 5.73 Å². The predicted molar refractivity (Wildman–Crippen MR) is 64.7 cm³/mol. The molecule has 1 fully saturated rings. The van der Waals surface area contributed by atoms with Gasteiger partial charge in [0.15, 0.2) is 0 Å². The van der Waals surface area contributed by atoms with Crippen LogP contribution in [0.1, 0.15) is 65.2 Å². The third-order valence-corrected chi connectivity index (χ3v) is 3.97. The van der Waals surface area contributed by atoms with Gasteiger partial charge < -0.3 is 10.8 Å². The van der Waals surface area contributed by atoms with Crippen LogP contribution in [0, 0.1) is 5.92 Å². The van der Waals surface area contributed by atoms with Crippen LogP contribution in [0.3, 0.4) is 0 Å². The molecule has 2 heteroatoms. The molecule has 0 aromatic heterocycles. The first-order valence-corrected chi connectivity index (χ1v) is 6.59. The zero-order valence-corrected chi connectivity index (χ0v) is 10.3. The lowest BCUT2D eigenvalue weighted by Gasteiger charge is -2.42. The summed E-state index contributed by atoms with van der Waals surface area (Å²) in [4.78, 5) is 0. The van der Waals surface area contributed by atoms with Crippen molar-refractivity contribution in [3.05, 3.63) is 0 Å². The molecule has 1 rings (SSSR count). The van der Waals surface area contributed by atoms with E-state index in [1.54, 1.807) is 0 Å². The Morgan fingerprint density at radius 3 is 2.07 bits per heavy atom. The number of hydrogen-bond donors (Lipinski definition) is 2. The Balaban J connectivity index is 2.55. The van der Waals surface area contributed by atoms with Crippen molar-refractivity contribution in [2.24, 2.45) is 11.7 Å². The van der Waals surface area contributed by atoms with E-state index in [1.807, 2.05) is 0 Å². The van der Waals surface area contributed by atoms with Crippen LogP contribution in [0.25, 0.3) is 0 Å². The summed E-state index contributed by atoms with van der Waals surface area (Å²) in [5.41, 5.74) is 6.55. The van der Waals surface area contributed by atoms with Crippen molar-refractivity contribution in [1.29, 1.82) is 0 Å². The van der Waals surface area contributed by atoms with Gasteiger partial charge in [-0.05, 0) is 44.4 Å². The van der Waals surface area contributed by atoms with Crippen LogP contribution in [0.5, 0.6) is 0 Å². The van der Waals surface area contributed by atoms with E-state index in [1.165, 1.54) is 25.7 Å². The molecule has 0 radical (unpaired) electrons. The lowest BCUT2D eigenvalue weighted by Crippen LogP contribution is -2.50. The van der Waals surface area contributed by atoms with Crippen molar-refractivity contribution in [2.75, 3.05) is 0 Å². The number of aliphatic hydroxyl groups excluding tert-OH is 1. The third kappa shape index (κ3) is 3.46. The van der Waals surface area contributed by atoms with Gasteiger partial charge in [-0.2, -0.15) is 0 Å². The SMILES string of the molecule is CCCC(CCC)C1(N)CCC(O)CC1. The van der Waals surface area contributed by atoms with Crippen LogP contribution in [0.15, 0.2) is 0 Å². The van der Waals surface area contributed by atoms with Gasteiger partial charge in [-0.15, -0.1) is 0 Å². The van der Waals surface area contributed by atoms with Gasteiger partial charge in [-0.3, -0.25) is 0 Å². The highest BCUT2D eigenvalue weighted by Gasteiger charge is 2.36. The molecular formula is C13H27NO. The maximum absolute atomic E-state index is 9.53. The monoisotopic (exact) mass is 213 g/mol. The van der Waals surface area contributed by atoms with Gasteiger partial charge in [-0.25, -0.2) is 0 Å². The van der Waals surface area contributed by atoms with E-state index in [0.29, 0.717) is 5.92 Å². The molecule has 2 nitrogen and oxygen atoms in total. The second kappa shape index (κ2) is 5.86. The van der Waals surface area contributed by atoms with E-state index in [2.05, 4.69) is 13.8 Å². The Morgan fingerprint density at radius 2 is 1.67 bits per heavy atom. The second-order valence-corrected chi connectivity index (χ2v) is 5.24. The average Bonchev–Trinajstić information content (AvgIpc) is 2.23. The molecule has 0 spiro atoms. The Bertz CT molecular complexity index is 167. The minimum absolute atomic E-state index is 0.0191. The standard InChI is InChI=1S/C13H27NO/c1-3-5-11(6-4-2)13(14)9-7-12(15)8-10-13/h11-12,15H,3-10,14H2,1-2H3. The summed E-state index contributed by atoms with van der Waals surface area (Å²) < 4.78 is 0. The van der Waals surface area contributed by atoms with Gasteiger partial charge in [-0.1, -0.05) is 26.7 Å². The highest BCUT2D eigenvalue weighted by Crippen LogP contribution is 2.36. The second-order valence-electron chi connectivity index (χ2n) is 5.24. The van der Waals surface area contributed by atoms with Crippen molar-refractivity contribution < 1.29 is 5.11 Å². The van der Waals surface area contributed by atoms with Gasteiger partial charge in [0.25, 0.3) is 0 Å². The van der Waals surface area contributed by atoms with Crippen molar-refractivity contribution in [3.8, 4) is 0 Å². The Labute approximate surface area is 94.2 Å². The first kappa shape index (κ1) is 13.0. The minimum atomic E-state index is -0.0921. The zero-order valence-electron chi connectivity index (χ0n) is 10.3. The van der Waals surface area contributed by atoms with E-state index < -0.39 is 0 Å². The number of hydrogen-bond acceptors (Lipinski definition) is 2. The lowest BCUT2D eigenvalue weighted by molar-refractivity contribution is 0.0693. The molecule has 0 heterocycles. The van der Waals surface area contributed by atoms with E-state index >= 15 is 0 Å². The van der Waals surface area contributed by atoms with E-state index in [-0.39, 0.29) is 11.6 Å². The maximum Gasteiger partial charge on any atom is 0.0541 e. The molecule has 1 aliphatic carbocycles. The topological polar surface area (TPSA) is 46.2 Å². The van der Waals surface area contributed by atoms with Crippen LogP contribution in [-0.4, -0.2) is 16.7 Å². The molecule has 0 bridgehead atoms. The molecule has 15 heavy (non-hydrogen) atoms. The van der Waals surface area contributed by atoms with Crippen LogP contribution in [0.4, 0.5) is 0 Å². The number of aliphatic hydroxyl groups is 1. The van der Waals surface area contributed by atoms with Crippen molar-refractivity contribution in [3.63, 3.8) is 0 Å². The van der Waals surface area contributed by atoms with Gasteiger partial charge in [0.05, 0.1) is 6.10 Å². The molecule has 0 unspecified atom stereocenters. The molecule has 0 aromatic rings. The third-order valence-electron chi connectivity index (χ3n) is 3.97. The fraction of sp³-hybridized carbons (Fsp3) is 1.00. The highest BCUT2D eigenvalue weighted by molar-refractivity contribution is 4.95. The number of rotatable bonds is 5. The molecule has 0 aliphatic heterocycles. The smallest absolute Gasteiger partial charge is 0.0541 e. The predicted octanol–water partition coefficient (Wildman–Crippen LogP) is 2.84. The van der Waals surface area contributed by atoms with Crippen LogP contribution in [0.2, 0.25) is 0 Å². The van der Waals surface area contributed by atoms with Crippen molar-refractivity contribution in [2.45, 2.75) is 76.9 Å². The molecule has 3 N–H and O–H groups in total. The van der Waals surface area contributed by atoms with Crippen LogP contribution < -0.4 is 5.73 Å². The van der Waals surface area contributed by atoms with Crippen molar-refractivity contribution in [1.82, 2.24) is 0 Å². The molecule has 1 aliphatic rings. The maximum atomic E-state index is 9.53. The lowest BCUT2D eigenvalue weighted by atomic mass is 9.69. The zero-order chi connectivity index (χ0) is 11.3. The van der Waals surface area contributed by atoms with Gasteiger partial charge in [0.2, 0.25) is 0 Å². The average molecular weight is 213 g/mol. The van der Waals surface area contributed by atoms with Crippen LogP contribution in [-0.2, 0) is 0 Å². The highest BCUT2D eigenvalue weighted by atomic mass is 16.3. The van der Waals surface area contributed by atoms with Gasteiger partial charge >= 0.3 is 0 Å². The molecule has 0 saturated heterocycles. The summed E-state index contributed by atoms with van der Waals surface area (Å²) in [6, 6.07) is 0. The Morgan fingerprint density at radius 1 is 1.20 bits per heavy atom. The van der Waals surface area contributed by atoms with Gasteiger partial charge in [0, 0.05) is 5.54 Å². The summed E-state index contributed by atoms with van der Waals surface area (Å²) in [6.07, 6.45) is 8.70. The minimum Gasteiger partial charge on any atom is -0.393 e.